The standard InChI is InChI=1S/C21H30N6O3S/c1-14-13-26(9-10-27(14)20(28)25(3)4)18-12-15(31(29,30)24-21(2)7-8-21)11-17-16(18)5-6-19(22)23-17/h5-6,11-12,14,24H,7-10,13H2,1-4H3,(H2,22,23)/t14-/m0/s1. The Morgan fingerprint density at radius 2 is 1.97 bits per heavy atom. The third-order valence-electron chi connectivity index (χ3n) is 6.07. The van der Waals surface area contributed by atoms with E-state index in [0.29, 0.717) is 31.0 Å². The minimum atomic E-state index is -3.70. The summed E-state index contributed by atoms with van der Waals surface area (Å²) >= 11 is 0. The second-order valence-corrected chi connectivity index (χ2v) is 10.8. The van der Waals surface area contributed by atoms with Crippen LogP contribution in [0.25, 0.3) is 10.9 Å². The number of sulfonamides is 1. The Hall–Kier alpha value is -2.59. The maximum absolute atomic E-state index is 13.1. The normalized spacial score (nSPS) is 20.7. The van der Waals surface area contributed by atoms with Crippen molar-refractivity contribution in [3.63, 3.8) is 0 Å². The van der Waals surface area contributed by atoms with Gasteiger partial charge in [0.2, 0.25) is 10.0 Å². The Labute approximate surface area is 183 Å². The molecular weight excluding hydrogens is 416 g/mol. The molecule has 1 aliphatic carbocycles. The van der Waals surface area contributed by atoms with Gasteiger partial charge in [0.1, 0.15) is 5.82 Å². The molecule has 3 N–H and O–H groups in total. The number of hydrogen-bond donors (Lipinski definition) is 2. The lowest BCUT2D eigenvalue weighted by Gasteiger charge is -2.42. The van der Waals surface area contributed by atoms with Gasteiger partial charge in [-0.1, -0.05) is 0 Å². The van der Waals surface area contributed by atoms with Crippen LogP contribution in [0.2, 0.25) is 0 Å². The van der Waals surface area contributed by atoms with Crippen molar-refractivity contribution in [2.45, 2.75) is 43.2 Å². The van der Waals surface area contributed by atoms with Crippen molar-refractivity contribution in [2.24, 2.45) is 0 Å². The van der Waals surface area contributed by atoms with E-state index in [0.717, 1.165) is 23.9 Å². The van der Waals surface area contributed by atoms with Gasteiger partial charge in [-0.05, 0) is 51.0 Å². The van der Waals surface area contributed by atoms with E-state index in [2.05, 4.69) is 14.6 Å². The van der Waals surface area contributed by atoms with E-state index in [1.807, 2.05) is 24.8 Å². The average Bonchev–Trinajstić information content (AvgIpc) is 3.41. The first kappa shape index (κ1) is 21.6. The number of hydrogen-bond acceptors (Lipinski definition) is 6. The summed E-state index contributed by atoms with van der Waals surface area (Å²) in [4.78, 5) is 22.6. The Bertz CT molecular complexity index is 1130. The molecule has 2 aliphatic rings. The molecular formula is C21H30N6O3S. The van der Waals surface area contributed by atoms with Gasteiger partial charge in [0.15, 0.2) is 0 Å². The Morgan fingerprint density at radius 1 is 1.26 bits per heavy atom. The molecule has 10 heteroatoms. The molecule has 31 heavy (non-hydrogen) atoms. The van der Waals surface area contributed by atoms with Gasteiger partial charge in [-0.3, -0.25) is 0 Å². The van der Waals surface area contributed by atoms with Crippen LogP contribution >= 0.6 is 0 Å². The van der Waals surface area contributed by atoms with Gasteiger partial charge in [-0.15, -0.1) is 0 Å². The highest BCUT2D eigenvalue weighted by molar-refractivity contribution is 7.89. The maximum atomic E-state index is 13.1. The van der Waals surface area contributed by atoms with Crippen molar-refractivity contribution < 1.29 is 13.2 Å². The van der Waals surface area contributed by atoms with Crippen LogP contribution < -0.4 is 15.4 Å². The number of rotatable bonds is 4. The second-order valence-electron chi connectivity index (χ2n) is 9.08. The van der Waals surface area contributed by atoms with Gasteiger partial charge in [0, 0.05) is 56.4 Å². The number of piperazine rings is 1. The summed E-state index contributed by atoms with van der Waals surface area (Å²) in [6.07, 6.45) is 1.66. The highest BCUT2D eigenvalue weighted by Gasteiger charge is 2.41. The molecule has 0 bridgehead atoms. The Kier molecular flexibility index (Phi) is 5.25. The van der Waals surface area contributed by atoms with Crippen LogP contribution in [0.1, 0.15) is 26.7 Å². The predicted octanol–water partition coefficient (Wildman–Crippen LogP) is 1.84. The molecule has 168 valence electrons. The van der Waals surface area contributed by atoms with Gasteiger partial charge in [0.05, 0.1) is 10.4 Å². The lowest BCUT2D eigenvalue weighted by molar-refractivity contribution is 0.147. The third kappa shape index (κ3) is 4.27. The number of carbonyl (C=O) groups excluding carboxylic acids is 1. The smallest absolute Gasteiger partial charge is 0.319 e. The van der Waals surface area contributed by atoms with Gasteiger partial charge < -0.3 is 20.4 Å². The molecule has 1 atom stereocenters. The number of aromatic nitrogens is 1. The van der Waals surface area contributed by atoms with E-state index in [-0.39, 0.29) is 22.5 Å². The summed E-state index contributed by atoms with van der Waals surface area (Å²) in [5.74, 6) is 0.338. The molecule has 2 aromatic rings. The highest BCUT2D eigenvalue weighted by Crippen LogP contribution is 2.37. The molecule has 0 spiro atoms. The number of fused-ring (bicyclic) bond motifs is 1. The molecule has 1 saturated carbocycles. The number of anilines is 2. The summed E-state index contributed by atoms with van der Waals surface area (Å²) < 4.78 is 29.0. The lowest BCUT2D eigenvalue weighted by Crippen LogP contribution is -2.56. The zero-order valence-corrected chi connectivity index (χ0v) is 19.2. The fourth-order valence-electron chi connectivity index (χ4n) is 4.01. The SMILES string of the molecule is C[C@H]1CN(c2cc(S(=O)(=O)NC3(C)CC3)cc3nc(N)ccc23)CCN1C(=O)N(C)C. The number of benzene rings is 1. The molecule has 1 aromatic heterocycles. The number of nitrogens with two attached hydrogens (primary N) is 1. The van der Waals surface area contributed by atoms with Crippen LogP contribution in [-0.2, 0) is 10.0 Å². The number of nitrogens with zero attached hydrogens (tertiary/aromatic N) is 4. The summed E-state index contributed by atoms with van der Waals surface area (Å²) in [5, 5.41) is 0.838. The van der Waals surface area contributed by atoms with Crippen LogP contribution in [0.5, 0.6) is 0 Å². The first-order chi connectivity index (χ1) is 14.5. The monoisotopic (exact) mass is 446 g/mol. The maximum Gasteiger partial charge on any atom is 0.319 e. The molecule has 1 aromatic carbocycles. The number of carbonyl (C=O) groups is 1. The third-order valence-corrected chi connectivity index (χ3v) is 7.69. The first-order valence-corrected chi connectivity index (χ1v) is 11.9. The molecule has 0 unspecified atom stereocenters. The molecule has 9 nitrogen and oxygen atoms in total. The fraction of sp³-hybridized carbons (Fsp3) is 0.524. The van der Waals surface area contributed by atoms with Crippen molar-refractivity contribution in [2.75, 3.05) is 44.4 Å². The topological polar surface area (TPSA) is 112 Å². The van der Waals surface area contributed by atoms with Crippen LogP contribution in [0.15, 0.2) is 29.2 Å². The number of amides is 2. The van der Waals surface area contributed by atoms with Crippen molar-refractivity contribution in [3.8, 4) is 0 Å². The van der Waals surface area contributed by atoms with E-state index in [9.17, 15) is 13.2 Å². The van der Waals surface area contributed by atoms with E-state index in [1.165, 1.54) is 0 Å². The van der Waals surface area contributed by atoms with Crippen molar-refractivity contribution in [1.82, 2.24) is 19.5 Å². The number of nitrogen functional groups attached to an aromatic ring is 1. The zero-order valence-electron chi connectivity index (χ0n) is 18.4. The van der Waals surface area contributed by atoms with Crippen LogP contribution in [0.4, 0.5) is 16.3 Å². The molecule has 2 fully saturated rings. The van der Waals surface area contributed by atoms with Gasteiger partial charge in [0.25, 0.3) is 0 Å². The van der Waals surface area contributed by atoms with Crippen molar-refractivity contribution in [1.29, 1.82) is 0 Å². The lowest BCUT2D eigenvalue weighted by atomic mass is 10.1. The van der Waals surface area contributed by atoms with Crippen molar-refractivity contribution in [3.05, 3.63) is 24.3 Å². The van der Waals surface area contributed by atoms with Crippen LogP contribution in [-0.4, -0.2) is 74.5 Å². The van der Waals surface area contributed by atoms with Crippen LogP contribution in [0, 0.1) is 0 Å². The Balaban J connectivity index is 1.72. The number of pyridine rings is 1. The van der Waals surface area contributed by atoms with E-state index >= 15 is 0 Å². The predicted molar refractivity (Wildman–Crippen MR) is 122 cm³/mol. The number of urea groups is 1. The average molecular weight is 447 g/mol. The van der Waals surface area contributed by atoms with Crippen LogP contribution in [0.3, 0.4) is 0 Å². The molecule has 0 radical (unpaired) electrons. The zero-order chi connectivity index (χ0) is 22.6. The second kappa shape index (κ2) is 7.52. The van der Waals surface area contributed by atoms with E-state index in [1.54, 1.807) is 37.2 Å². The van der Waals surface area contributed by atoms with Gasteiger partial charge >= 0.3 is 6.03 Å². The molecule has 4 rings (SSSR count). The summed E-state index contributed by atoms with van der Waals surface area (Å²) in [6, 6.07) is 6.84. The summed E-state index contributed by atoms with van der Waals surface area (Å²) in [5.41, 5.74) is 6.84. The van der Waals surface area contributed by atoms with Gasteiger partial charge in [-0.25, -0.2) is 22.9 Å². The Morgan fingerprint density at radius 3 is 2.58 bits per heavy atom. The fourth-order valence-corrected chi connectivity index (χ4v) is 5.52. The molecule has 1 aliphatic heterocycles. The first-order valence-electron chi connectivity index (χ1n) is 10.5. The molecule has 2 heterocycles. The minimum absolute atomic E-state index is 0.0235. The number of nitrogens with one attached hydrogen (secondary N) is 1. The molecule has 1 saturated heterocycles. The van der Waals surface area contributed by atoms with Crippen molar-refractivity contribution >= 4 is 38.5 Å². The van der Waals surface area contributed by atoms with E-state index < -0.39 is 10.0 Å². The quantitative estimate of drug-likeness (QED) is 0.741. The molecule has 2 amide bonds. The summed E-state index contributed by atoms with van der Waals surface area (Å²) in [6.45, 7) is 5.65. The largest absolute Gasteiger partial charge is 0.384 e. The van der Waals surface area contributed by atoms with E-state index in [4.69, 9.17) is 5.73 Å². The summed E-state index contributed by atoms with van der Waals surface area (Å²) in [7, 11) is -0.213. The van der Waals surface area contributed by atoms with Gasteiger partial charge in [-0.2, -0.15) is 0 Å². The highest BCUT2D eigenvalue weighted by atomic mass is 32.2. The minimum Gasteiger partial charge on any atom is -0.384 e.